The molecule has 0 radical (unpaired) electrons. The van der Waals surface area contributed by atoms with Crippen LogP contribution in [0.3, 0.4) is 0 Å². The molecule has 0 aliphatic carbocycles. The van der Waals surface area contributed by atoms with Gasteiger partial charge in [0, 0.05) is 13.7 Å². The summed E-state index contributed by atoms with van der Waals surface area (Å²) >= 11 is 0. The molecule has 2 aliphatic heterocycles. The van der Waals surface area contributed by atoms with Gasteiger partial charge in [-0.1, -0.05) is 12.1 Å². The van der Waals surface area contributed by atoms with Gasteiger partial charge in [0.1, 0.15) is 35.9 Å². The number of fused-ring (bicyclic) bond motifs is 1. The van der Waals surface area contributed by atoms with Crippen molar-refractivity contribution in [2.24, 2.45) is 0 Å². The molecule has 0 saturated carbocycles. The summed E-state index contributed by atoms with van der Waals surface area (Å²) in [6.45, 7) is 3.96. The van der Waals surface area contributed by atoms with Gasteiger partial charge in [0.15, 0.2) is 12.1 Å². The zero-order valence-electron chi connectivity index (χ0n) is 17.0. The molecule has 8 nitrogen and oxygen atoms in total. The fourth-order valence-corrected chi connectivity index (χ4v) is 3.99. The lowest BCUT2D eigenvalue weighted by Crippen LogP contribution is -2.41. The van der Waals surface area contributed by atoms with Gasteiger partial charge in [0.2, 0.25) is 0 Å². The molecule has 158 valence electrons. The van der Waals surface area contributed by atoms with Crippen molar-refractivity contribution in [3.63, 3.8) is 0 Å². The first-order valence-corrected chi connectivity index (χ1v) is 9.57. The molecule has 4 rings (SSSR count). The van der Waals surface area contributed by atoms with E-state index < -0.39 is 36.4 Å². The molecule has 5 atom stereocenters. The van der Waals surface area contributed by atoms with Crippen LogP contribution < -0.4 is 4.74 Å². The Morgan fingerprint density at radius 3 is 2.45 bits per heavy atom. The predicted molar refractivity (Wildman–Crippen MR) is 101 cm³/mol. The van der Waals surface area contributed by atoms with Crippen LogP contribution in [0, 0.1) is 0 Å². The molecular formula is C21H27NO7. The fourth-order valence-electron chi connectivity index (χ4n) is 3.99. The minimum absolute atomic E-state index is 0.258. The number of hydrogen-bond donors (Lipinski definition) is 1. The van der Waals surface area contributed by atoms with Gasteiger partial charge < -0.3 is 33.3 Å². The lowest BCUT2D eigenvalue weighted by Gasteiger charge is -2.32. The maximum Gasteiger partial charge on any atom is 0.186 e. The number of nitrogens with zero attached hydrogens (tertiary/aromatic N) is 1. The standard InChI is InChI=1S/C21H27NO7/c1-21(2)28-18-17(27-20(25-4)19(18)29-21)16(15-6-5-11-26-15)22(23)12-13-7-9-14(24-3)10-8-13/h5-11,16-20,23H,12H2,1-4H3/t16-,17-,18-,19-,20-/m1/s1. The largest absolute Gasteiger partial charge is 0.497 e. The van der Waals surface area contributed by atoms with Crippen LogP contribution in [0.15, 0.2) is 47.1 Å². The Kier molecular flexibility index (Phi) is 5.65. The Labute approximate surface area is 169 Å². The summed E-state index contributed by atoms with van der Waals surface area (Å²) in [6.07, 6.45) is -0.401. The van der Waals surface area contributed by atoms with Crippen molar-refractivity contribution < 1.29 is 33.3 Å². The van der Waals surface area contributed by atoms with Crippen molar-refractivity contribution in [2.45, 2.75) is 56.8 Å². The third-order valence-corrected chi connectivity index (χ3v) is 5.25. The molecule has 0 amide bonds. The van der Waals surface area contributed by atoms with Crippen LogP contribution in [0.2, 0.25) is 0 Å². The van der Waals surface area contributed by atoms with E-state index in [1.54, 1.807) is 32.6 Å². The molecule has 2 saturated heterocycles. The molecule has 2 fully saturated rings. The Hall–Kier alpha value is -1.94. The second kappa shape index (κ2) is 8.06. The molecule has 29 heavy (non-hydrogen) atoms. The first-order valence-electron chi connectivity index (χ1n) is 9.57. The third-order valence-electron chi connectivity index (χ3n) is 5.25. The van der Waals surface area contributed by atoms with E-state index in [4.69, 9.17) is 28.1 Å². The number of ether oxygens (including phenoxy) is 5. The number of benzene rings is 1. The maximum atomic E-state index is 11.1. The Morgan fingerprint density at radius 1 is 1.10 bits per heavy atom. The quantitative estimate of drug-likeness (QED) is 0.704. The zero-order chi connectivity index (χ0) is 20.6. The molecule has 1 N–H and O–H groups in total. The molecule has 2 aliphatic rings. The summed E-state index contributed by atoms with van der Waals surface area (Å²) in [5.41, 5.74) is 0.909. The van der Waals surface area contributed by atoms with Crippen molar-refractivity contribution in [3.05, 3.63) is 54.0 Å². The fraction of sp³-hybridized carbons (Fsp3) is 0.524. The second-order valence-corrected chi connectivity index (χ2v) is 7.68. The number of methoxy groups -OCH3 is 2. The highest BCUT2D eigenvalue weighted by atomic mass is 16.8. The van der Waals surface area contributed by atoms with Crippen LogP contribution in [0.25, 0.3) is 0 Å². The number of hydrogen-bond acceptors (Lipinski definition) is 8. The monoisotopic (exact) mass is 405 g/mol. The summed E-state index contributed by atoms with van der Waals surface area (Å²) in [7, 11) is 3.18. The van der Waals surface area contributed by atoms with Crippen molar-refractivity contribution in [3.8, 4) is 5.75 Å². The van der Waals surface area contributed by atoms with Gasteiger partial charge >= 0.3 is 0 Å². The van der Waals surface area contributed by atoms with Crippen molar-refractivity contribution in [1.29, 1.82) is 0 Å². The number of furan rings is 1. The van der Waals surface area contributed by atoms with E-state index in [1.807, 2.05) is 38.1 Å². The van der Waals surface area contributed by atoms with E-state index in [2.05, 4.69) is 0 Å². The van der Waals surface area contributed by atoms with Crippen LogP contribution in [0.1, 0.15) is 31.2 Å². The van der Waals surface area contributed by atoms with Gasteiger partial charge in [-0.15, -0.1) is 0 Å². The minimum Gasteiger partial charge on any atom is -0.497 e. The molecule has 2 aromatic rings. The molecular weight excluding hydrogens is 378 g/mol. The van der Waals surface area contributed by atoms with Crippen molar-refractivity contribution in [1.82, 2.24) is 5.06 Å². The minimum atomic E-state index is -0.766. The zero-order valence-corrected chi connectivity index (χ0v) is 17.0. The molecule has 0 unspecified atom stereocenters. The number of rotatable bonds is 7. The lowest BCUT2D eigenvalue weighted by atomic mass is 10.0. The summed E-state index contributed by atoms with van der Waals surface area (Å²) < 4.78 is 34.5. The SMILES string of the molecule is COc1ccc(CN(O)[C@H](c2ccco2)[C@H]2O[C@@H](OC)[C@@H]3OC(C)(C)O[C@@H]32)cc1. The summed E-state index contributed by atoms with van der Waals surface area (Å²) in [4.78, 5) is 0. The summed E-state index contributed by atoms with van der Waals surface area (Å²) in [6, 6.07) is 10.5. The summed E-state index contributed by atoms with van der Waals surface area (Å²) in [5.74, 6) is 0.553. The van der Waals surface area contributed by atoms with Gasteiger partial charge in [-0.25, -0.2) is 0 Å². The summed E-state index contributed by atoms with van der Waals surface area (Å²) in [5, 5.41) is 12.3. The molecule has 1 aromatic heterocycles. The Balaban J connectivity index is 1.60. The van der Waals surface area contributed by atoms with Crippen molar-refractivity contribution in [2.75, 3.05) is 14.2 Å². The first kappa shape index (κ1) is 20.3. The van der Waals surface area contributed by atoms with Gasteiger partial charge in [0.25, 0.3) is 0 Å². The smallest absolute Gasteiger partial charge is 0.186 e. The Bertz CT molecular complexity index is 792. The van der Waals surface area contributed by atoms with Gasteiger partial charge in [0.05, 0.1) is 13.4 Å². The van der Waals surface area contributed by atoms with Gasteiger partial charge in [-0.3, -0.25) is 0 Å². The van der Waals surface area contributed by atoms with E-state index in [1.165, 1.54) is 5.06 Å². The van der Waals surface area contributed by atoms with E-state index in [0.717, 1.165) is 11.3 Å². The molecule has 1 aromatic carbocycles. The van der Waals surface area contributed by atoms with Crippen LogP contribution >= 0.6 is 0 Å². The molecule has 3 heterocycles. The van der Waals surface area contributed by atoms with Crippen LogP contribution in [-0.4, -0.2) is 54.9 Å². The topological polar surface area (TPSA) is 82.8 Å². The number of hydroxylamine groups is 2. The highest BCUT2D eigenvalue weighted by Gasteiger charge is 2.58. The highest BCUT2D eigenvalue weighted by molar-refractivity contribution is 5.27. The predicted octanol–water partition coefficient (Wildman–Crippen LogP) is 3.11. The Morgan fingerprint density at radius 2 is 1.83 bits per heavy atom. The lowest BCUT2D eigenvalue weighted by molar-refractivity contribution is -0.252. The van der Waals surface area contributed by atoms with Gasteiger partial charge in [-0.05, 0) is 43.7 Å². The molecule has 0 spiro atoms. The van der Waals surface area contributed by atoms with E-state index in [9.17, 15) is 5.21 Å². The van der Waals surface area contributed by atoms with Gasteiger partial charge in [-0.2, -0.15) is 5.06 Å². The van der Waals surface area contributed by atoms with Crippen LogP contribution in [-0.2, 0) is 25.5 Å². The van der Waals surface area contributed by atoms with E-state index >= 15 is 0 Å². The van der Waals surface area contributed by atoms with E-state index in [-0.39, 0.29) is 6.54 Å². The van der Waals surface area contributed by atoms with E-state index in [0.29, 0.717) is 5.76 Å². The van der Waals surface area contributed by atoms with Crippen LogP contribution in [0.5, 0.6) is 5.75 Å². The average Bonchev–Trinajstić information content (AvgIpc) is 3.39. The molecule has 0 bridgehead atoms. The second-order valence-electron chi connectivity index (χ2n) is 7.68. The maximum absolute atomic E-state index is 11.1. The normalized spacial score (nSPS) is 29.2. The third kappa shape index (κ3) is 4.05. The highest BCUT2D eigenvalue weighted by Crippen LogP contribution is 2.44. The molecule has 8 heteroatoms. The average molecular weight is 405 g/mol. The first-order chi connectivity index (χ1) is 13.9. The van der Waals surface area contributed by atoms with Crippen molar-refractivity contribution >= 4 is 0 Å². The van der Waals surface area contributed by atoms with Crippen LogP contribution in [0.4, 0.5) is 0 Å².